The van der Waals surface area contributed by atoms with Crippen molar-refractivity contribution in [2.45, 2.75) is 6.42 Å². The van der Waals surface area contributed by atoms with Crippen molar-refractivity contribution in [1.29, 1.82) is 0 Å². The van der Waals surface area contributed by atoms with Crippen molar-refractivity contribution in [2.24, 2.45) is 0 Å². The van der Waals surface area contributed by atoms with Gasteiger partial charge in [0.1, 0.15) is 4.88 Å². The lowest BCUT2D eigenvalue weighted by molar-refractivity contribution is 0.0378. The fourth-order valence-corrected chi connectivity index (χ4v) is 2.63. The summed E-state index contributed by atoms with van der Waals surface area (Å²) in [6.45, 7) is 5.62. The van der Waals surface area contributed by atoms with Gasteiger partial charge in [-0.3, -0.25) is 4.90 Å². The average molecular weight is 285 g/mol. The third kappa shape index (κ3) is 4.45. The van der Waals surface area contributed by atoms with E-state index >= 15 is 0 Å². The van der Waals surface area contributed by atoms with Gasteiger partial charge in [0.25, 0.3) is 0 Å². The van der Waals surface area contributed by atoms with Crippen molar-refractivity contribution < 1.29 is 14.3 Å². The number of morpholine rings is 1. The number of rotatable bonds is 6. The molecule has 0 amide bonds. The Bertz CT molecular complexity index is 405. The van der Waals surface area contributed by atoms with Crippen LogP contribution >= 0.6 is 11.3 Å². The minimum absolute atomic E-state index is 0.334. The van der Waals surface area contributed by atoms with E-state index in [4.69, 9.17) is 4.74 Å². The minimum Gasteiger partial charge on any atom is -0.465 e. The van der Waals surface area contributed by atoms with Crippen LogP contribution in [0.25, 0.3) is 0 Å². The van der Waals surface area contributed by atoms with E-state index in [1.165, 1.54) is 18.4 Å². The maximum Gasteiger partial charge on any atom is 0.349 e. The van der Waals surface area contributed by atoms with Gasteiger partial charge in [0, 0.05) is 19.6 Å². The van der Waals surface area contributed by atoms with Crippen LogP contribution in [-0.2, 0) is 9.47 Å². The molecular formula is C12H19N3O3S. The third-order valence-electron chi connectivity index (χ3n) is 2.92. The van der Waals surface area contributed by atoms with Gasteiger partial charge in [-0.15, -0.1) is 0 Å². The van der Waals surface area contributed by atoms with E-state index in [-0.39, 0.29) is 5.97 Å². The number of hydrogen-bond acceptors (Lipinski definition) is 7. The first-order valence-electron chi connectivity index (χ1n) is 6.37. The Morgan fingerprint density at radius 1 is 1.58 bits per heavy atom. The monoisotopic (exact) mass is 285 g/mol. The molecule has 106 valence electrons. The summed E-state index contributed by atoms with van der Waals surface area (Å²) in [7, 11) is 1.37. The smallest absolute Gasteiger partial charge is 0.349 e. The van der Waals surface area contributed by atoms with Crippen LogP contribution in [0.3, 0.4) is 0 Å². The summed E-state index contributed by atoms with van der Waals surface area (Å²) in [5.74, 6) is -0.334. The van der Waals surface area contributed by atoms with E-state index in [1.807, 2.05) is 0 Å². The lowest BCUT2D eigenvalue weighted by Gasteiger charge is -2.26. The molecule has 1 N–H and O–H groups in total. The van der Waals surface area contributed by atoms with Gasteiger partial charge in [-0.2, -0.15) is 0 Å². The second-order valence-electron chi connectivity index (χ2n) is 4.26. The first-order chi connectivity index (χ1) is 9.29. The highest BCUT2D eigenvalue weighted by Crippen LogP contribution is 2.18. The van der Waals surface area contributed by atoms with Crippen LogP contribution in [-0.4, -0.2) is 62.4 Å². The maximum absolute atomic E-state index is 11.3. The van der Waals surface area contributed by atoms with E-state index < -0.39 is 0 Å². The van der Waals surface area contributed by atoms with E-state index in [9.17, 15) is 4.79 Å². The number of methoxy groups -OCH3 is 1. The number of nitrogens with zero attached hydrogens (tertiary/aromatic N) is 2. The van der Waals surface area contributed by atoms with Crippen molar-refractivity contribution in [2.75, 3.05) is 51.8 Å². The van der Waals surface area contributed by atoms with E-state index in [1.54, 1.807) is 6.20 Å². The Labute approximate surface area is 116 Å². The molecule has 19 heavy (non-hydrogen) atoms. The zero-order chi connectivity index (χ0) is 13.5. The van der Waals surface area contributed by atoms with Gasteiger partial charge in [-0.25, -0.2) is 9.78 Å². The highest BCUT2D eigenvalue weighted by molar-refractivity contribution is 7.17. The lowest BCUT2D eigenvalue weighted by Crippen LogP contribution is -2.37. The van der Waals surface area contributed by atoms with Gasteiger partial charge < -0.3 is 14.8 Å². The predicted octanol–water partition coefficient (Wildman–Crippen LogP) is 1.06. The van der Waals surface area contributed by atoms with Gasteiger partial charge in [-0.05, 0) is 13.0 Å². The van der Waals surface area contributed by atoms with Gasteiger partial charge in [0.2, 0.25) is 0 Å². The zero-order valence-corrected chi connectivity index (χ0v) is 11.9. The van der Waals surface area contributed by atoms with E-state index in [0.29, 0.717) is 4.88 Å². The number of esters is 1. The molecule has 1 aliphatic heterocycles. The maximum atomic E-state index is 11.3. The molecule has 0 unspecified atom stereocenters. The topological polar surface area (TPSA) is 63.7 Å². The normalized spacial score (nSPS) is 16.3. The molecular weight excluding hydrogens is 266 g/mol. The lowest BCUT2D eigenvalue weighted by atomic mass is 10.3. The van der Waals surface area contributed by atoms with Gasteiger partial charge in [0.15, 0.2) is 5.13 Å². The SMILES string of the molecule is COC(=O)c1cnc(NCCCN2CCOCC2)s1. The van der Waals surface area contributed by atoms with Crippen LogP contribution in [0.4, 0.5) is 5.13 Å². The molecule has 0 atom stereocenters. The number of carbonyl (C=O) groups excluding carboxylic acids is 1. The predicted molar refractivity (Wildman–Crippen MR) is 73.8 cm³/mol. The van der Waals surface area contributed by atoms with Gasteiger partial charge >= 0.3 is 5.97 Å². The highest BCUT2D eigenvalue weighted by Gasteiger charge is 2.11. The summed E-state index contributed by atoms with van der Waals surface area (Å²) in [4.78, 5) is 18.3. The van der Waals surface area contributed by atoms with Crippen LogP contribution in [0, 0.1) is 0 Å². The van der Waals surface area contributed by atoms with Crippen LogP contribution in [0.15, 0.2) is 6.20 Å². The van der Waals surface area contributed by atoms with Crippen LogP contribution in [0.5, 0.6) is 0 Å². The standard InChI is InChI=1S/C12H19N3O3S/c1-17-11(16)10-9-14-12(19-10)13-3-2-4-15-5-7-18-8-6-15/h9H,2-8H2,1H3,(H,13,14). The first kappa shape index (κ1) is 14.2. The molecule has 1 aromatic rings. The van der Waals surface area contributed by atoms with Crippen LogP contribution in [0.2, 0.25) is 0 Å². The Hall–Kier alpha value is -1.18. The van der Waals surface area contributed by atoms with Crippen molar-refractivity contribution in [3.63, 3.8) is 0 Å². The zero-order valence-electron chi connectivity index (χ0n) is 11.1. The molecule has 1 aliphatic rings. The molecule has 7 heteroatoms. The molecule has 1 fully saturated rings. The molecule has 0 aliphatic carbocycles. The molecule has 0 saturated carbocycles. The average Bonchev–Trinajstić information content (AvgIpc) is 2.93. The number of nitrogens with one attached hydrogen (secondary N) is 1. The quantitative estimate of drug-likeness (QED) is 0.623. The fraction of sp³-hybridized carbons (Fsp3) is 0.667. The number of carbonyl (C=O) groups is 1. The molecule has 0 radical (unpaired) electrons. The second kappa shape index (κ2) is 7.42. The van der Waals surface area contributed by atoms with Crippen LogP contribution < -0.4 is 5.32 Å². The van der Waals surface area contributed by atoms with Crippen molar-refractivity contribution in [3.05, 3.63) is 11.1 Å². The number of anilines is 1. The summed E-state index contributed by atoms with van der Waals surface area (Å²) in [5, 5.41) is 3.99. The number of hydrogen-bond donors (Lipinski definition) is 1. The van der Waals surface area contributed by atoms with E-state index in [0.717, 1.165) is 50.9 Å². The van der Waals surface area contributed by atoms with Gasteiger partial charge in [0.05, 0.1) is 26.5 Å². The summed E-state index contributed by atoms with van der Waals surface area (Å²) in [6.07, 6.45) is 2.59. The first-order valence-corrected chi connectivity index (χ1v) is 7.19. The summed E-state index contributed by atoms with van der Waals surface area (Å²) in [6, 6.07) is 0. The fourth-order valence-electron chi connectivity index (χ4n) is 1.87. The van der Waals surface area contributed by atoms with Gasteiger partial charge in [-0.1, -0.05) is 11.3 Å². The molecule has 1 aromatic heterocycles. The Morgan fingerprint density at radius 2 is 2.37 bits per heavy atom. The molecule has 1 saturated heterocycles. The number of ether oxygens (including phenoxy) is 2. The highest BCUT2D eigenvalue weighted by atomic mass is 32.1. The Balaban J connectivity index is 1.65. The Kier molecular flexibility index (Phi) is 5.56. The van der Waals surface area contributed by atoms with Crippen molar-refractivity contribution >= 4 is 22.4 Å². The Morgan fingerprint density at radius 3 is 3.11 bits per heavy atom. The molecule has 6 nitrogen and oxygen atoms in total. The molecule has 2 rings (SSSR count). The number of aromatic nitrogens is 1. The van der Waals surface area contributed by atoms with Crippen molar-refractivity contribution in [3.8, 4) is 0 Å². The third-order valence-corrected chi connectivity index (χ3v) is 3.86. The summed E-state index contributed by atoms with van der Waals surface area (Å²) < 4.78 is 9.94. The second-order valence-corrected chi connectivity index (χ2v) is 5.29. The van der Waals surface area contributed by atoms with E-state index in [2.05, 4.69) is 19.9 Å². The molecule has 2 heterocycles. The number of thiazole rings is 1. The summed E-state index contributed by atoms with van der Waals surface area (Å²) >= 11 is 1.32. The minimum atomic E-state index is -0.334. The molecule has 0 spiro atoms. The largest absolute Gasteiger partial charge is 0.465 e. The molecule has 0 bridgehead atoms. The molecule has 0 aromatic carbocycles. The van der Waals surface area contributed by atoms with Crippen molar-refractivity contribution in [1.82, 2.24) is 9.88 Å². The van der Waals surface area contributed by atoms with Crippen LogP contribution in [0.1, 0.15) is 16.1 Å². The summed E-state index contributed by atoms with van der Waals surface area (Å²) in [5.41, 5.74) is 0.